The molecule has 1 aliphatic heterocycles. The van der Waals surface area contributed by atoms with Crippen LogP contribution >= 0.6 is 0 Å². The van der Waals surface area contributed by atoms with E-state index in [9.17, 15) is 0 Å². The van der Waals surface area contributed by atoms with Crippen molar-refractivity contribution in [3.63, 3.8) is 0 Å². The lowest BCUT2D eigenvalue weighted by molar-refractivity contribution is 0.331. The fraction of sp³-hybridized carbons (Fsp3) is 0.500. The molecule has 2 nitrogen and oxygen atoms in total. The minimum atomic E-state index is -1.38. The second-order valence-electron chi connectivity index (χ2n) is 6.81. The molecule has 1 saturated heterocycles. The smallest absolute Gasteiger partial charge is 0.129 e. The molecule has 0 atom stereocenters. The highest BCUT2D eigenvalue weighted by Crippen LogP contribution is 2.18. The lowest BCUT2D eigenvalue weighted by Gasteiger charge is -2.16. The van der Waals surface area contributed by atoms with Crippen LogP contribution < -0.4 is 0 Å². The maximum atomic E-state index is 8.88. The monoisotopic (exact) mass is 296 g/mol. The summed E-state index contributed by atoms with van der Waals surface area (Å²) in [6, 6.07) is 8.58. The zero-order chi connectivity index (χ0) is 15.3. The van der Waals surface area contributed by atoms with E-state index in [0.717, 1.165) is 17.7 Å². The molecule has 0 spiro atoms. The molecule has 0 saturated carbocycles. The van der Waals surface area contributed by atoms with Crippen molar-refractivity contribution in [2.24, 2.45) is 0 Å². The Bertz CT molecular complexity index is 590. The lowest BCUT2D eigenvalue weighted by Crippen LogP contribution is -2.19. The second-order valence-corrected chi connectivity index (χ2v) is 11.6. The molecule has 1 heterocycles. The van der Waals surface area contributed by atoms with Crippen molar-refractivity contribution in [3.8, 4) is 17.5 Å². The molecule has 0 amide bonds. The molecule has 2 rings (SSSR count). The van der Waals surface area contributed by atoms with Crippen LogP contribution in [0.4, 0.5) is 0 Å². The van der Waals surface area contributed by atoms with E-state index < -0.39 is 8.07 Å². The van der Waals surface area contributed by atoms with Crippen LogP contribution in [0.3, 0.4) is 0 Å². The van der Waals surface area contributed by atoms with Gasteiger partial charge in [0.05, 0.1) is 12.5 Å². The molecule has 1 aromatic carbocycles. The van der Waals surface area contributed by atoms with E-state index in [-0.39, 0.29) is 0 Å². The summed E-state index contributed by atoms with van der Waals surface area (Å²) in [5.74, 6) is 3.40. The van der Waals surface area contributed by atoms with Crippen LogP contribution in [0.25, 0.3) is 0 Å². The fourth-order valence-corrected chi connectivity index (χ4v) is 3.03. The quantitative estimate of drug-likeness (QED) is 0.630. The van der Waals surface area contributed by atoms with Crippen LogP contribution in [-0.4, -0.2) is 26.1 Å². The SMILES string of the molecule is C[Si](C)(C)C#Cc1cc(CC#N)ccc1CN1CCCC1. The first-order valence-corrected chi connectivity index (χ1v) is 11.2. The highest BCUT2D eigenvalue weighted by molar-refractivity contribution is 6.83. The van der Waals surface area contributed by atoms with Crippen LogP contribution in [0.1, 0.15) is 29.5 Å². The van der Waals surface area contributed by atoms with Crippen LogP contribution in [0.5, 0.6) is 0 Å². The van der Waals surface area contributed by atoms with Gasteiger partial charge in [0.25, 0.3) is 0 Å². The highest BCUT2D eigenvalue weighted by Gasteiger charge is 2.14. The van der Waals surface area contributed by atoms with Gasteiger partial charge in [-0.25, -0.2) is 0 Å². The zero-order valence-electron chi connectivity index (χ0n) is 13.4. The number of likely N-dealkylation sites (tertiary alicyclic amines) is 1. The minimum Gasteiger partial charge on any atom is -0.299 e. The largest absolute Gasteiger partial charge is 0.299 e. The third-order valence-corrected chi connectivity index (χ3v) is 4.50. The molecule has 0 radical (unpaired) electrons. The van der Waals surface area contributed by atoms with Gasteiger partial charge in [-0.1, -0.05) is 37.7 Å². The normalized spacial score (nSPS) is 15.3. The van der Waals surface area contributed by atoms with Crippen molar-refractivity contribution >= 4 is 8.07 Å². The number of benzene rings is 1. The summed E-state index contributed by atoms with van der Waals surface area (Å²) in [5.41, 5.74) is 6.96. The van der Waals surface area contributed by atoms with Gasteiger partial charge in [0.15, 0.2) is 0 Å². The molecule has 0 N–H and O–H groups in total. The Kier molecular flexibility index (Phi) is 5.23. The summed E-state index contributed by atoms with van der Waals surface area (Å²) in [7, 11) is -1.38. The second kappa shape index (κ2) is 6.94. The van der Waals surface area contributed by atoms with E-state index in [2.05, 4.69) is 60.3 Å². The van der Waals surface area contributed by atoms with Crippen LogP contribution in [0, 0.1) is 22.8 Å². The molecule has 1 fully saturated rings. The zero-order valence-corrected chi connectivity index (χ0v) is 14.4. The van der Waals surface area contributed by atoms with Crippen molar-refractivity contribution in [2.45, 2.75) is 45.4 Å². The third kappa shape index (κ3) is 5.05. The van der Waals surface area contributed by atoms with Gasteiger partial charge >= 0.3 is 0 Å². The van der Waals surface area contributed by atoms with Crippen molar-refractivity contribution in [2.75, 3.05) is 13.1 Å². The van der Waals surface area contributed by atoms with Gasteiger partial charge in [-0.3, -0.25) is 4.90 Å². The Labute approximate surface area is 129 Å². The van der Waals surface area contributed by atoms with Gasteiger partial charge in [-0.15, -0.1) is 5.54 Å². The standard InChI is InChI=1S/C18H24N2Si/c1-21(2,3)13-9-17-14-16(8-10-19)6-7-18(17)15-20-11-4-5-12-20/h6-7,14H,4-5,8,11-12,15H2,1-3H3. The molecular weight excluding hydrogens is 272 g/mol. The van der Waals surface area contributed by atoms with Gasteiger partial charge in [0, 0.05) is 12.1 Å². The summed E-state index contributed by atoms with van der Waals surface area (Å²) in [6.45, 7) is 10.2. The number of hydrogen-bond acceptors (Lipinski definition) is 2. The van der Waals surface area contributed by atoms with Gasteiger partial charge in [0.2, 0.25) is 0 Å². The van der Waals surface area contributed by atoms with Crippen LogP contribution in [-0.2, 0) is 13.0 Å². The van der Waals surface area contributed by atoms with E-state index in [1.807, 2.05) is 0 Å². The summed E-state index contributed by atoms with van der Waals surface area (Å²) >= 11 is 0. The first-order valence-electron chi connectivity index (χ1n) is 7.72. The van der Waals surface area contributed by atoms with Crippen molar-refractivity contribution in [1.29, 1.82) is 5.26 Å². The van der Waals surface area contributed by atoms with E-state index in [0.29, 0.717) is 6.42 Å². The molecule has 0 aromatic heterocycles. The Balaban J connectivity index is 2.28. The number of nitrogens with zero attached hydrogens (tertiary/aromatic N) is 2. The van der Waals surface area contributed by atoms with Gasteiger partial charge in [0.1, 0.15) is 8.07 Å². The van der Waals surface area contributed by atoms with Gasteiger partial charge in [-0.2, -0.15) is 5.26 Å². The minimum absolute atomic E-state index is 0.464. The first kappa shape index (κ1) is 15.8. The van der Waals surface area contributed by atoms with Crippen molar-refractivity contribution in [1.82, 2.24) is 4.90 Å². The Morgan fingerprint density at radius 2 is 1.90 bits per heavy atom. The molecule has 1 aliphatic rings. The average Bonchev–Trinajstić information content (AvgIpc) is 2.91. The number of nitriles is 1. The molecule has 1 aromatic rings. The molecular formula is C18H24N2Si. The van der Waals surface area contributed by atoms with E-state index in [1.54, 1.807) is 0 Å². The van der Waals surface area contributed by atoms with E-state index >= 15 is 0 Å². The predicted octanol–water partition coefficient (Wildman–Crippen LogP) is 3.58. The van der Waals surface area contributed by atoms with Gasteiger partial charge in [-0.05, 0) is 43.1 Å². The van der Waals surface area contributed by atoms with Gasteiger partial charge < -0.3 is 0 Å². The fourth-order valence-electron chi connectivity index (χ4n) is 2.52. The Hall–Kier alpha value is -1.55. The summed E-state index contributed by atoms with van der Waals surface area (Å²) in [5, 5.41) is 8.88. The molecule has 0 unspecified atom stereocenters. The third-order valence-electron chi connectivity index (χ3n) is 3.62. The maximum Gasteiger partial charge on any atom is 0.129 e. The Morgan fingerprint density at radius 3 is 2.52 bits per heavy atom. The van der Waals surface area contributed by atoms with Crippen LogP contribution in [0.2, 0.25) is 19.6 Å². The number of hydrogen-bond donors (Lipinski definition) is 0. The highest BCUT2D eigenvalue weighted by atomic mass is 28.3. The molecule has 110 valence electrons. The van der Waals surface area contributed by atoms with E-state index in [1.165, 1.54) is 31.5 Å². The molecule has 0 bridgehead atoms. The van der Waals surface area contributed by atoms with Crippen LogP contribution in [0.15, 0.2) is 18.2 Å². The average molecular weight is 296 g/mol. The summed E-state index contributed by atoms with van der Waals surface area (Å²) in [6.07, 6.45) is 3.08. The molecule has 21 heavy (non-hydrogen) atoms. The number of rotatable bonds is 3. The van der Waals surface area contributed by atoms with Crippen molar-refractivity contribution in [3.05, 3.63) is 34.9 Å². The summed E-state index contributed by atoms with van der Waals surface area (Å²) < 4.78 is 0. The predicted molar refractivity (Wildman–Crippen MR) is 90.5 cm³/mol. The van der Waals surface area contributed by atoms with E-state index in [4.69, 9.17) is 5.26 Å². The lowest BCUT2D eigenvalue weighted by atomic mass is 10.0. The molecule has 0 aliphatic carbocycles. The first-order chi connectivity index (χ1) is 9.98. The summed E-state index contributed by atoms with van der Waals surface area (Å²) in [4.78, 5) is 2.50. The van der Waals surface area contributed by atoms with Crippen molar-refractivity contribution < 1.29 is 0 Å². The topological polar surface area (TPSA) is 27.0 Å². The molecule has 3 heteroatoms. The maximum absolute atomic E-state index is 8.88. The Morgan fingerprint density at radius 1 is 1.19 bits per heavy atom.